The van der Waals surface area contributed by atoms with Crippen LogP contribution in [-0.4, -0.2) is 7.38 Å². The molecule has 0 aromatic carbocycles. The van der Waals surface area contributed by atoms with Crippen molar-refractivity contribution in [2.75, 3.05) is 0 Å². The summed E-state index contributed by atoms with van der Waals surface area (Å²) in [6, 6.07) is 1.26. The van der Waals surface area contributed by atoms with Gasteiger partial charge >= 0.3 is 0 Å². The van der Waals surface area contributed by atoms with Crippen LogP contribution in [0.15, 0.2) is 0 Å². The molecule has 56 valence electrons. The average Bonchev–Trinajstić information content (AvgIpc) is 1.65. The minimum atomic E-state index is -1.31. The van der Waals surface area contributed by atoms with Crippen molar-refractivity contribution in [1.29, 1.82) is 0 Å². The fraction of sp³-hybridized carbons (Fsp3) is 1.00. The lowest BCUT2D eigenvalue weighted by Gasteiger charge is -2.22. The third-order valence-electron chi connectivity index (χ3n) is 1.94. The molecule has 0 amide bonds. The zero-order valence-corrected chi connectivity index (χ0v) is 8.63. The third-order valence-corrected chi connectivity index (χ3v) is 7.70. The van der Waals surface area contributed by atoms with E-state index in [1.807, 2.05) is 0 Å². The Morgan fingerprint density at radius 3 is 2.00 bits per heavy atom. The second-order valence-electron chi connectivity index (χ2n) is 3.18. The molecular formula is C7H17ClSi. The molecule has 2 heteroatoms. The minimum Gasteiger partial charge on any atom is -0.167 e. The molecule has 0 saturated heterocycles. The van der Waals surface area contributed by atoms with Crippen molar-refractivity contribution in [3.05, 3.63) is 0 Å². The summed E-state index contributed by atoms with van der Waals surface area (Å²) >= 11 is 6.31. The smallest absolute Gasteiger partial charge is 0.156 e. The molecule has 0 aliphatic heterocycles. The standard InChI is InChI=1S/C7H17ClSi/c1-5-6-9(4,8)7(2)3/h7H,5-6H2,1-4H3. The summed E-state index contributed by atoms with van der Waals surface area (Å²) in [4.78, 5) is 0. The summed E-state index contributed by atoms with van der Waals surface area (Å²) < 4.78 is 0. The van der Waals surface area contributed by atoms with Crippen molar-refractivity contribution in [2.45, 2.75) is 45.3 Å². The summed E-state index contributed by atoms with van der Waals surface area (Å²) in [6.07, 6.45) is 1.24. The maximum absolute atomic E-state index is 6.31. The monoisotopic (exact) mass is 164 g/mol. The molecule has 0 radical (unpaired) electrons. The Kier molecular flexibility index (Phi) is 3.82. The molecule has 0 fully saturated rings. The van der Waals surface area contributed by atoms with Crippen molar-refractivity contribution in [3.8, 4) is 0 Å². The van der Waals surface area contributed by atoms with Crippen molar-refractivity contribution < 1.29 is 0 Å². The van der Waals surface area contributed by atoms with Crippen molar-refractivity contribution in [3.63, 3.8) is 0 Å². The largest absolute Gasteiger partial charge is 0.167 e. The molecule has 0 N–H and O–H groups in total. The lowest BCUT2D eigenvalue weighted by Crippen LogP contribution is -2.25. The first kappa shape index (κ1) is 9.51. The van der Waals surface area contributed by atoms with Gasteiger partial charge in [-0.3, -0.25) is 0 Å². The summed E-state index contributed by atoms with van der Waals surface area (Å²) in [5.41, 5.74) is 0.721. The maximum Gasteiger partial charge on any atom is 0.156 e. The lowest BCUT2D eigenvalue weighted by atomic mass is 10.6. The third kappa shape index (κ3) is 3.26. The predicted molar refractivity (Wildman–Crippen MR) is 47.7 cm³/mol. The van der Waals surface area contributed by atoms with Gasteiger partial charge in [-0.05, 0) is 11.6 Å². The summed E-state index contributed by atoms with van der Waals surface area (Å²) in [6.45, 7) is 8.92. The molecule has 0 spiro atoms. The Labute approximate surface area is 64.3 Å². The molecule has 0 nitrogen and oxygen atoms in total. The number of rotatable bonds is 3. The van der Waals surface area contributed by atoms with Crippen LogP contribution in [0.1, 0.15) is 27.2 Å². The highest BCUT2D eigenvalue weighted by Gasteiger charge is 2.26. The van der Waals surface area contributed by atoms with Gasteiger partial charge in [0.25, 0.3) is 0 Å². The molecule has 0 aliphatic carbocycles. The fourth-order valence-electron chi connectivity index (χ4n) is 0.778. The van der Waals surface area contributed by atoms with E-state index in [-0.39, 0.29) is 0 Å². The number of hydrogen-bond acceptors (Lipinski definition) is 0. The molecule has 0 saturated carbocycles. The first-order valence-electron chi connectivity index (χ1n) is 3.69. The highest BCUT2D eigenvalue weighted by molar-refractivity contribution is 7.20. The van der Waals surface area contributed by atoms with Gasteiger partial charge in [-0.2, -0.15) is 11.1 Å². The van der Waals surface area contributed by atoms with Crippen molar-refractivity contribution >= 4 is 18.5 Å². The van der Waals surface area contributed by atoms with Gasteiger partial charge in [0.2, 0.25) is 0 Å². The molecular weight excluding hydrogens is 148 g/mol. The quantitative estimate of drug-likeness (QED) is 0.442. The first-order chi connectivity index (χ1) is 4.00. The first-order valence-corrected chi connectivity index (χ1v) is 7.49. The number of halogens is 1. The van der Waals surface area contributed by atoms with Crippen LogP contribution in [0.25, 0.3) is 0 Å². The molecule has 9 heavy (non-hydrogen) atoms. The molecule has 0 aliphatic rings. The van der Waals surface area contributed by atoms with E-state index in [9.17, 15) is 0 Å². The molecule has 0 aromatic rings. The topological polar surface area (TPSA) is 0 Å². The van der Waals surface area contributed by atoms with Gasteiger partial charge in [0.15, 0.2) is 7.38 Å². The van der Waals surface area contributed by atoms with E-state index in [2.05, 4.69) is 27.3 Å². The van der Waals surface area contributed by atoms with E-state index < -0.39 is 7.38 Å². The molecule has 0 bridgehead atoms. The van der Waals surface area contributed by atoms with Crippen LogP contribution in [-0.2, 0) is 0 Å². The summed E-state index contributed by atoms with van der Waals surface area (Å²) in [5, 5.41) is 0. The van der Waals surface area contributed by atoms with E-state index in [1.165, 1.54) is 12.5 Å². The molecule has 1 unspecified atom stereocenters. The van der Waals surface area contributed by atoms with Gasteiger partial charge in [-0.1, -0.05) is 33.7 Å². The number of hydrogen-bond donors (Lipinski definition) is 0. The van der Waals surface area contributed by atoms with Crippen molar-refractivity contribution in [1.82, 2.24) is 0 Å². The summed E-state index contributed by atoms with van der Waals surface area (Å²) in [7, 11) is -1.31. The highest BCUT2D eigenvalue weighted by atomic mass is 35.6. The van der Waals surface area contributed by atoms with Crippen LogP contribution in [0.3, 0.4) is 0 Å². The Bertz CT molecular complexity index is 79.0. The van der Waals surface area contributed by atoms with E-state index >= 15 is 0 Å². The Morgan fingerprint density at radius 1 is 1.44 bits per heavy atom. The van der Waals surface area contributed by atoms with E-state index in [0.29, 0.717) is 0 Å². The second-order valence-corrected chi connectivity index (χ2v) is 9.98. The van der Waals surface area contributed by atoms with Gasteiger partial charge in [0.1, 0.15) is 0 Å². The molecule has 0 heterocycles. The molecule has 0 aromatic heterocycles. The van der Waals surface area contributed by atoms with Gasteiger partial charge in [0, 0.05) is 0 Å². The van der Waals surface area contributed by atoms with Crippen LogP contribution >= 0.6 is 11.1 Å². The second kappa shape index (κ2) is 3.62. The minimum absolute atomic E-state index is 0.721. The SMILES string of the molecule is CCC[Si](C)(Cl)C(C)C. The van der Waals surface area contributed by atoms with Crippen LogP contribution < -0.4 is 0 Å². The average molecular weight is 165 g/mol. The normalized spacial score (nSPS) is 18.0. The zero-order valence-electron chi connectivity index (χ0n) is 6.87. The Hall–Kier alpha value is 0.507. The van der Waals surface area contributed by atoms with E-state index in [1.54, 1.807) is 0 Å². The molecule has 0 rings (SSSR count). The van der Waals surface area contributed by atoms with Gasteiger partial charge in [0.05, 0.1) is 0 Å². The van der Waals surface area contributed by atoms with Gasteiger partial charge < -0.3 is 0 Å². The van der Waals surface area contributed by atoms with Crippen molar-refractivity contribution in [2.24, 2.45) is 0 Å². The Balaban J connectivity index is 3.70. The van der Waals surface area contributed by atoms with Crippen LogP contribution in [0.2, 0.25) is 18.1 Å². The van der Waals surface area contributed by atoms with Crippen LogP contribution in [0.5, 0.6) is 0 Å². The fourth-order valence-corrected chi connectivity index (χ4v) is 2.90. The maximum atomic E-state index is 6.31. The van der Waals surface area contributed by atoms with Crippen LogP contribution in [0, 0.1) is 0 Å². The predicted octanol–water partition coefficient (Wildman–Crippen LogP) is 3.62. The van der Waals surface area contributed by atoms with Crippen LogP contribution in [0.4, 0.5) is 0 Å². The Morgan fingerprint density at radius 2 is 1.89 bits per heavy atom. The van der Waals surface area contributed by atoms with E-state index in [0.717, 1.165) is 5.54 Å². The van der Waals surface area contributed by atoms with Gasteiger partial charge in [-0.25, -0.2) is 0 Å². The molecule has 1 atom stereocenters. The van der Waals surface area contributed by atoms with E-state index in [4.69, 9.17) is 11.1 Å². The lowest BCUT2D eigenvalue weighted by molar-refractivity contribution is 0.966. The summed E-state index contributed by atoms with van der Waals surface area (Å²) in [5.74, 6) is 0. The highest BCUT2D eigenvalue weighted by Crippen LogP contribution is 2.29. The van der Waals surface area contributed by atoms with Gasteiger partial charge in [-0.15, -0.1) is 0 Å². The zero-order chi connectivity index (χ0) is 7.49.